The summed E-state index contributed by atoms with van der Waals surface area (Å²) in [5, 5.41) is 0. The van der Waals surface area contributed by atoms with Crippen molar-refractivity contribution < 1.29 is 52.3 Å². The van der Waals surface area contributed by atoms with Gasteiger partial charge in [0.15, 0.2) is 11.5 Å². The Kier molecular flexibility index (Phi) is 11.6. The van der Waals surface area contributed by atoms with Crippen LogP contribution in [-0.4, -0.2) is 62.5 Å². The van der Waals surface area contributed by atoms with E-state index in [0.29, 0.717) is 5.56 Å². The molecular weight excluding hydrogens is 454 g/mol. The molecule has 0 spiro atoms. The van der Waals surface area contributed by atoms with Crippen molar-refractivity contribution in [2.45, 2.75) is 65.4 Å². The minimum atomic E-state index is -1.08. The number of hydrogen-bond acceptors (Lipinski definition) is 12. The Bertz CT molecular complexity index is 853. The fourth-order valence-corrected chi connectivity index (χ4v) is 2.35. The van der Waals surface area contributed by atoms with Crippen molar-refractivity contribution in [2.75, 3.05) is 13.7 Å². The standard InChI is InChI=1S/C22H31NO11/c1-12(2)30-21(26)33-17-8-7-15(10-18(17)34-22(27)31-13(3)4)9-16(23)19(24)29-11-14(5)32-20(25)28-6/h7-8,10,12-14,16H,9,11,23H2,1-6H3/t14-,16-/m0/s1. The van der Waals surface area contributed by atoms with E-state index >= 15 is 0 Å². The van der Waals surface area contributed by atoms with Crippen LogP contribution in [0.2, 0.25) is 0 Å². The Morgan fingerprint density at radius 3 is 1.91 bits per heavy atom. The highest BCUT2D eigenvalue weighted by molar-refractivity contribution is 5.76. The van der Waals surface area contributed by atoms with E-state index in [4.69, 9.17) is 34.2 Å². The van der Waals surface area contributed by atoms with Gasteiger partial charge < -0.3 is 38.9 Å². The molecule has 1 rings (SSSR count). The van der Waals surface area contributed by atoms with Crippen LogP contribution in [0.15, 0.2) is 18.2 Å². The van der Waals surface area contributed by atoms with Gasteiger partial charge in [0.1, 0.15) is 18.8 Å². The highest BCUT2D eigenvalue weighted by atomic mass is 16.8. The summed E-state index contributed by atoms with van der Waals surface area (Å²) in [5.74, 6) is -0.979. The number of hydrogen-bond donors (Lipinski definition) is 1. The first-order valence-corrected chi connectivity index (χ1v) is 10.5. The third kappa shape index (κ3) is 10.9. The number of benzene rings is 1. The zero-order valence-electron chi connectivity index (χ0n) is 20.0. The lowest BCUT2D eigenvalue weighted by molar-refractivity contribution is -0.148. The number of ether oxygens (including phenoxy) is 7. The Morgan fingerprint density at radius 1 is 0.824 bits per heavy atom. The first-order valence-electron chi connectivity index (χ1n) is 10.5. The lowest BCUT2D eigenvalue weighted by Gasteiger charge is -2.16. The molecule has 0 aliphatic heterocycles. The lowest BCUT2D eigenvalue weighted by atomic mass is 10.1. The maximum atomic E-state index is 12.2. The summed E-state index contributed by atoms with van der Waals surface area (Å²) in [6.07, 6.45) is -4.52. The van der Waals surface area contributed by atoms with Gasteiger partial charge in [-0.2, -0.15) is 0 Å². The molecular formula is C22H31NO11. The molecule has 0 fully saturated rings. The van der Waals surface area contributed by atoms with Crippen molar-refractivity contribution in [1.82, 2.24) is 0 Å². The Balaban J connectivity index is 2.89. The summed E-state index contributed by atoms with van der Waals surface area (Å²) in [6, 6.07) is 3.17. The van der Waals surface area contributed by atoms with Gasteiger partial charge in [-0.25, -0.2) is 14.4 Å². The maximum Gasteiger partial charge on any atom is 0.514 e. The molecule has 0 unspecified atom stereocenters. The van der Waals surface area contributed by atoms with Gasteiger partial charge in [0.25, 0.3) is 0 Å². The number of methoxy groups -OCH3 is 1. The third-order valence-corrected chi connectivity index (χ3v) is 3.74. The second-order valence-corrected chi connectivity index (χ2v) is 7.64. The Hall–Kier alpha value is -3.54. The third-order valence-electron chi connectivity index (χ3n) is 3.74. The molecule has 0 saturated heterocycles. The van der Waals surface area contributed by atoms with Crippen molar-refractivity contribution >= 4 is 24.4 Å². The van der Waals surface area contributed by atoms with E-state index in [9.17, 15) is 19.2 Å². The van der Waals surface area contributed by atoms with Crippen molar-refractivity contribution in [3.8, 4) is 11.5 Å². The molecule has 0 aromatic heterocycles. The molecule has 0 bridgehead atoms. The quantitative estimate of drug-likeness (QED) is 0.293. The topological polar surface area (TPSA) is 159 Å². The second kappa shape index (κ2) is 13.9. The zero-order valence-corrected chi connectivity index (χ0v) is 20.0. The average molecular weight is 485 g/mol. The summed E-state index contributed by atoms with van der Waals surface area (Å²) >= 11 is 0. The number of carbonyl (C=O) groups excluding carboxylic acids is 4. The summed E-state index contributed by atoms with van der Waals surface area (Å²) in [6.45, 7) is 7.85. The van der Waals surface area contributed by atoms with Gasteiger partial charge in [-0.1, -0.05) is 6.07 Å². The molecule has 12 nitrogen and oxygen atoms in total. The van der Waals surface area contributed by atoms with Crippen LogP contribution in [0.1, 0.15) is 40.2 Å². The fourth-order valence-electron chi connectivity index (χ4n) is 2.35. The molecule has 2 N–H and O–H groups in total. The van der Waals surface area contributed by atoms with Crippen molar-refractivity contribution in [1.29, 1.82) is 0 Å². The number of nitrogens with two attached hydrogens (primary N) is 1. The molecule has 0 aliphatic carbocycles. The predicted octanol–water partition coefficient (Wildman–Crippen LogP) is 3.12. The second-order valence-electron chi connectivity index (χ2n) is 7.64. The van der Waals surface area contributed by atoms with E-state index in [1.54, 1.807) is 27.7 Å². The Labute approximate surface area is 197 Å². The monoisotopic (exact) mass is 485 g/mol. The predicted molar refractivity (Wildman–Crippen MR) is 117 cm³/mol. The number of esters is 1. The van der Waals surface area contributed by atoms with Crippen LogP contribution in [0.25, 0.3) is 0 Å². The molecule has 12 heteroatoms. The van der Waals surface area contributed by atoms with Gasteiger partial charge in [0.2, 0.25) is 0 Å². The van der Waals surface area contributed by atoms with E-state index in [1.165, 1.54) is 25.1 Å². The van der Waals surface area contributed by atoms with Crippen LogP contribution in [-0.2, 0) is 34.9 Å². The highest BCUT2D eigenvalue weighted by Crippen LogP contribution is 2.30. The van der Waals surface area contributed by atoms with Crippen molar-refractivity contribution in [2.24, 2.45) is 5.73 Å². The van der Waals surface area contributed by atoms with Gasteiger partial charge in [0, 0.05) is 0 Å². The summed E-state index contributed by atoms with van der Waals surface area (Å²) < 4.78 is 34.4. The van der Waals surface area contributed by atoms with E-state index in [-0.39, 0.29) is 24.5 Å². The average Bonchev–Trinajstić information content (AvgIpc) is 2.72. The number of rotatable bonds is 10. The minimum Gasteiger partial charge on any atom is -0.461 e. The zero-order chi connectivity index (χ0) is 25.8. The van der Waals surface area contributed by atoms with Gasteiger partial charge in [-0.15, -0.1) is 0 Å². The summed E-state index contributed by atoms with van der Waals surface area (Å²) in [7, 11) is 1.15. The van der Waals surface area contributed by atoms with Crippen molar-refractivity contribution in [3.63, 3.8) is 0 Å². The molecule has 34 heavy (non-hydrogen) atoms. The largest absolute Gasteiger partial charge is 0.514 e. The van der Waals surface area contributed by atoms with Gasteiger partial charge in [0.05, 0.1) is 19.3 Å². The molecule has 1 aromatic rings. The Morgan fingerprint density at radius 2 is 1.38 bits per heavy atom. The van der Waals surface area contributed by atoms with Crippen LogP contribution in [0.4, 0.5) is 14.4 Å². The van der Waals surface area contributed by atoms with Gasteiger partial charge >= 0.3 is 24.4 Å². The molecule has 1 aromatic carbocycles. The lowest BCUT2D eigenvalue weighted by Crippen LogP contribution is -2.36. The van der Waals surface area contributed by atoms with E-state index in [0.717, 1.165) is 7.11 Å². The van der Waals surface area contributed by atoms with Crippen LogP contribution < -0.4 is 15.2 Å². The normalized spacial score (nSPS) is 12.4. The van der Waals surface area contributed by atoms with Gasteiger partial charge in [-0.05, 0) is 58.7 Å². The van der Waals surface area contributed by atoms with E-state index in [2.05, 4.69) is 4.74 Å². The fraction of sp³-hybridized carbons (Fsp3) is 0.545. The van der Waals surface area contributed by atoms with Crippen LogP contribution in [0, 0.1) is 0 Å². The smallest absolute Gasteiger partial charge is 0.461 e. The van der Waals surface area contributed by atoms with Crippen LogP contribution in [0.5, 0.6) is 11.5 Å². The molecule has 0 radical (unpaired) electrons. The molecule has 0 amide bonds. The summed E-state index contributed by atoms with van der Waals surface area (Å²) in [4.78, 5) is 47.1. The summed E-state index contributed by atoms with van der Waals surface area (Å²) in [5.41, 5.74) is 6.38. The van der Waals surface area contributed by atoms with E-state index < -0.39 is 48.8 Å². The SMILES string of the molecule is COC(=O)O[C@@H](C)COC(=O)[C@@H](N)Cc1ccc(OC(=O)OC(C)C)c(OC(=O)OC(C)C)c1. The van der Waals surface area contributed by atoms with Crippen LogP contribution >= 0.6 is 0 Å². The van der Waals surface area contributed by atoms with Crippen molar-refractivity contribution in [3.05, 3.63) is 23.8 Å². The molecule has 190 valence electrons. The first kappa shape index (κ1) is 28.5. The molecule has 0 heterocycles. The van der Waals surface area contributed by atoms with E-state index in [1.807, 2.05) is 0 Å². The molecule has 0 aliphatic rings. The maximum absolute atomic E-state index is 12.2. The molecule has 0 saturated carbocycles. The van der Waals surface area contributed by atoms with Gasteiger partial charge in [-0.3, -0.25) is 4.79 Å². The first-order chi connectivity index (χ1) is 15.9. The highest BCUT2D eigenvalue weighted by Gasteiger charge is 2.22. The minimum absolute atomic E-state index is 0.00260. The number of carbonyl (C=O) groups is 4. The molecule has 2 atom stereocenters. The van der Waals surface area contributed by atoms with Crippen LogP contribution in [0.3, 0.4) is 0 Å².